The first-order valence-electron chi connectivity index (χ1n) is 8.36. The lowest BCUT2D eigenvalue weighted by Crippen LogP contribution is -2.48. The van der Waals surface area contributed by atoms with Crippen molar-refractivity contribution < 1.29 is 14.6 Å². The number of nitrogens with zero attached hydrogens (tertiary/aromatic N) is 1. The molecule has 1 fully saturated rings. The molecule has 5 nitrogen and oxygen atoms in total. The van der Waals surface area contributed by atoms with Gasteiger partial charge in [0, 0.05) is 30.9 Å². The number of benzene rings is 1. The molecule has 1 amide bonds. The van der Waals surface area contributed by atoms with Crippen LogP contribution >= 0.6 is 0 Å². The fourth-order valence-electron chi connectivity index (χ4n) is 2.85. The smallest absolute Gasteiger partial charge is 0.222 e. The van der Waals surface area contributed by atoms with Crippen molar-refractivity contribution in [2.24, 2.45) is 5.92 Å². The van der Waals surface area contributed by atoms with Crippen molar-refractivity contribution >= 4 is 11.6 Å². The van der Waals surface area contributed by atoms with Crippen LogP contribution in [0.1, 0.15) is 33.1 Å². The summed E-state index contributed by atoms with van der Waals surface area (Å²) in [5, 5.41) is 12.9. The van der Waals surface area contributed by atoms with Crippen LogP contribution in [0.5, 0.6) is 5.75 Å². The number of anilines is 1. The van der Waals surface area contributed by atoms with E-state index in [1.165, 1.54) is 0 Å². The van der Waals surface area contributed by atoms with E-state index in [0.29, 0.717) is 0 Å². The van der Waals surface area contributed by atoms with E-state index in [1.807, 2.05) is 32.0 Å². The molecule has 1 aromatic rings. The maximum Gasteiger partial charge on any atom is 0.222 e. The van der Waals surface area contributed by atoms with Gasteiger partial charge in [-0.2, -0.15) is 0 Å². The quantitative estimate of drug-likeness (QED) is 0.843. The molecule has 1 saturated heterocycles. The molecule has 2 rings (SSSR count). The van der Waals surface area contributed by atoms with Gasteiger partial charge >= 0.3 is 0 Å². The number of aliphatic hydroxyl groups excluding tert-OH is 1. The first-order valence-corrected chi connectivity index (χ1v) is 8.36. The number of aliphatic hydroxyl groups is 1. The van der Waals surface area contributed by atoms with Gasteiger partial charge in [-0.15, -0.1) is 0 Å². The number of amides is 1. The topological polar surface area (TPSA) is 61.8 Å². The minimum atomic E-state index is -0.576. The number of carbonyl (C=O) groups is 1. The second kappa shape index (κ2) is 8.20. The van der Waals surface area contributed by atoms with Crippen molar-refractivity contribution in [2.45, 2.75) is 45.3 Å². The fourth-order valence-corrected chi connectivity index (χ4v) is 2.85. The van der Waals surface area contributed by atoms with Gasteiger partial charge in [0.15, 0.2) is 0 Å². The molecule has 128 valence electrons. The number of hydrogen-bond acceptors (Lipinski definition) is 4. The van der Waals surface area contributed by atoms with Crippen molar-refractivity contribution in [2.75, 3.05) is 25.1 Å². The normalized spacial score (nSPS) is 19.5. The van der Waals surface area contributed by atoms with Gasteiger partial charge in [-0.05, 0) is 30.9 Å². The Balaban J connectivity index is 1.91. The van der Waals surface area contributed by atoms with Gasteiger partial charge < -0.3 is 20.1 Å². The summed E-state index contributed by atoms with van der Waals surface area (Å²) in [6.45, 7) is 5.61. The summed E-state index contributed by atoms with van der Waals surface area (Å²) in [7, 11) is 1.67. The van der Waals surface area contributed by atoms with Gasteiger partial charge in [0.05, 0.1) is 19.6 Å². The molecule has 2 atom stereocenters. The largest absolute Gasteiger partial charge is 0.497 e. The van der Waals surface area contributed by atoms with E-state index in [0.717, 1.165) is 37.4 Å². The number of nitrogens with one attached hydrogen (secondary N) is 1. The van der Waals surface area contributed by atoms with Crippen LogP contribution in [0.3, 0.4) is 0 Å². The van der Waals surface area contributed by atoms with Gasteiger partial charge in [-0.1, -0.05) is 19.9 Å². The highest BCUT2D eigenvalue weighted by atomic mass is 16.5. The predicted octanol–water partition coefficient (Wildman–Crippen LogP) is 2.19. The lowest BCUT2D eigenvalue weighted by atomic mass is 10.0. The summed E-state index contributed by atoms with van der Waals surface area (Å²) in [5.41, 5.74) is 1.12. The van der Waals surface area contributed by atoms with Crippen LogP contribution in [0.15, 0.2) is 24.3 Å². The Hall–Kier alpha value is -1.75. The zero-order chi connectivity index (χ0) is 16.8. The second-order valence-corrected chi connectivity index (χ2v) is 6.57. The van der Waals surface area contributed by atoms with Crippen LogP contribution < -0.4 is 15.0 Å². The Labute approximate surface area is 138 Å². The van der Waals surface area contributed by atoms with Crippen molar-refractivity contribution in [3.8, 4) is 5.75 Å². The first kappa shape index (κ1) is 17.6. The maximum atomic E-state index is 12.1. The minimum Gasteiger partial charge on any atom is -0.497 e. The molecule has 1 aliphatic rings. The Morgan fingerprint density at radius 3 is 2.96 bits per heavy atom. The Bertz CT molecular complexity index is 519. The third kappa shape index (κ3) is 5.13. The fraction of sp³-hybridized carbons (Fsp3) is 0.611. The standard InChI is InChI=1S/C18H28N2O3/c1-13(2)17(21)11-18(22)19-14-6-5-9-20(12-14)15-7-4-8-16(10-15)23-3/h4,7-8,10,13-14,17,21H,5-6,9,11-12H2,1-3H3,(H,19,22). The predicted molar refractivity (Wildman–Crippen MR) is 91.8 cm³/mol. The zero-order valence-electron chi connectivity index (χ0n) is 14.3. The molecule has 0 spiro atoms. The summed E-state index contributed by atoms with van der Waals surface area (Å²) in [6, 6.07) is 8.12. The average molecular weight is 320 g/mol. The number of piperidine rings is 1. The van der Waals surface area contributed by atoms with Crippen LogP contribution in [0.25, 0.3) is 0 Å². The molecule has 2 unspecified atom stereocenters. The SMILES string of the molecule is COc1cccc(N2CCCC(NC(=O)CC(O)C(C)C)C2)c1. The molecule has 1 heterocycles. The Kier molecular flexibility index (Phi) is 6.28. The molecular formula is C18H28N2O3. The molecular weight excluding hydrogens is 292 g/mol. The molecule has 23 heavy (non-hydrogen) atoms. The lowest BCUT2D eigenvalue weighted by molar-refractivity contribution is -0.124. The third-order valence-corrected chi connectivity index (χ3v) is 4.37. The van der Waals surface area contributed by atoms with E-state index < -0.39 is 6.10 Å². The summed E-state index contributed by atoms with van der Waals surface area (Å²) < 4.78 is 5.28. The minimum absolute atomic E-state index is 0.0660. The third-order valence-electron chi connectivity index (χ3n) is 4.37. The summed E-state index contributed by atoms with van der Waals surface area (Å²) in [5.74, 6) is 0.873. The van der Waals surface area contributed by atoms with Gasteiger partial charge in [0.1, 0.15) is 5.75 Å². The first-order chi connectivity index (χ1) is 11.0. The molecule has 0 aliphatic carbocycles. The van der Waals surface area contributed by atoms with E-state index in [1.54, 1.807) is 7.11 Å². The lowest BCUT2D eigenvalue weighted by Gasteiger charge is -2.35. The summed E-state index contributed by atoms with van der Waals surface area (Å²) >= 11 is 0. The zero-order valence-corrected chi connectivity index (χ0v) is 14.3. The van der Waals surface area contributed by atoms with Gasteiger partial charge in [-0.3, -0.25) is 4.79 Å². The van der Waals surface area contributed by atoms with Crippen LogP contribution in [0, 0.1) is 5.92 Å². The highest BCUT2D eigenvalue weighted by Gasteiger charge is 2.23. The summed E-state index contributed by atoms with van der Waals surface area (Å²) in [6.07, 6.45) is 1.61. The molecule has 0 radical (unpaired) electrons. The van der Waals surface area contributed by atoms with E-state index in [9.17, 15) is 9.90 Å². The molecule has 0 bridgehead atoms. The molecule has 0 aromatic heterocycles. The molecule has 1 aliphatic heterocycles. The van der Waals surface area contributed by atoms with Crippen LogP contribution in [0.4, 0.5) is 5.69 Å². The number of methoxy groups -OCH3 is 1. The molecule has 5 heteroatoms. The second-order valence-electron chi connectivity index (χ2n) is 6.57. The number of rotatable bonds is 6. The Morgan fingerprint density at radius 2 is 2.26 bits per heavy atom. The Morgan fingerprint density at radius 1 is 1.48 bits per heavy atom. The van der Waals surface area contributed by atoms with Crippen molar-refractivity contribution in [3.05, 3.63) is 24.3 Å². The summed E-state index contributed by atoms with van der Waals surface area (Å²) in [4.78, 5) is 14.3. The number of ether oxygens (including phenoxy) is 1. The highest BCUT2D eigenvalue weighted by molar-refractivity contribution is 5.76. The van der Waals surface area contributed by atoms with Crippen LogP contribution in [0.2, 0.25) is 0 Å². The van der Waals surface area contributed by atoms with E-state index in [4.69, 9.17) is 4.74 Å². The van der Waals surface area contributed by atoms with Gasteiger partial charge in [0.2, 0.25) is 5.91 Å². The number of hydrogen-bond donors (Lipinski definition) is 2. The van der Waals surface area contributed by atoms with Gasteiger partial charge in [0.25, 0.3) is 0 Å². The van der Waals surface area contributed by atoms with Crippen molar-refractivity contribution in [3.63, 3.8) is 0 Å². The maximum absolute atomic E-state index is 12.1. The van der Waals surface area contributed by atoms with E-state index >= 15 is 0 Å². The van der Waals surface area contributed by atoms with Gasteiger partial charge in [-0.25, -0.2) is 0 Å². The monoisotopic (exact) mass is 320 g/mol. The van der Waals surface area contributed by atoms with Crippen LogP contribution in [-0.2, 0) is 4.79 Å². The molecule has 1 aromatic carbocycles. The molecule has 0 saturated carbocycles. The van der Waals surface area contributed by atoms with Crippen molar-refractivity contribution in [1.82, 2.24) is 5.32 Å². The van der Waals surface area contributed by atoms with Crippen LogP contribution in [-0.4, -0.2) is 43.4 Å². The molecule has 2 N–H and O–H groups in total. The average Bonchev–Trinajstić information content (AvgIpc) is 2.55. The highest BCUT2D eigenvalue weighted by Crippen LogP contribution is 2.24. The number of carbonyl (C=O) groups excluding carboxylic acids is 1. The van der Waals surface area contributed by atoms with Crippen molar-refractivity contribution in [1.29, 1.82) is 0 Å². The van der Waals surface area contributed by atoms with E-state index in [2.05, 4.69) is 16.3 Å². The van der Waals surface area contributed by atoms with E-state index in [-0.39, 0.29) is 24.3 Å².